The minimum Gasteiger partial charge on any atom is -0.350 e. The lowest BCUT2D eigenvalue weighted by Gasteiger charge is -2.09. The second-order valence-corrected chi connectivity index (χ2v) is 7.33. The topological polar surface area (TPSA) is 88.4 Å². The van der Waals surface area contributed by atoms with Gasteiger partial charge in [0.15, 0.2) is 0 Å². The van der Waals surface area contributed by atoms with Gasteiger partial charge >= 0.3 is 0 Å². The average Bonchev–Trinajstić information content (AvgIpc) is 3.04. The maximum atomic E-state index is 12.6. The van der Waals surface area contributed by atoms with E-state index in [0.717, 1.165) is 0 Å². The molecule has 136 valence electrons. The molecule has 0 aliphatic carbocycles. The van der Waals surface area contributed by atoms with E-state index in [4.69, 9.17) is 0 Å². The van der Waals surface area contributed by atoms with Crippen LogP contribution in [0.5, 0.6) is 0 Å². The lowest BCUT2D eigenvalue weighted by molar-refractivity contribution is 0.0943. The number of fused-ring (bicyclic) bond motifs is 2. The number of hydrogen-bond acceptors (Lipinski definition) is 6. The van der Waals surface area contributed by atoms with Crippen LogP contribution in [0.1, 0.15) is 24.2 Å². The highest BCUT2D eigenvalue weighted by atomic mass is 32.1. The van der Waals surface area contributed by atoms with Gasteiger partial charge < -0.3 is 10.6 Å². The summed E-state index contributed by atoms with van der Waals surface area (Å²) in [5.74, 6) is -0.137. The van der Waals surface area contributed by atoms with Crippen LogP contribution in [0.2, 0.25) is 0 Å². The molecule has 2 heterocycles. The monoisotopic (exact) mass is 379 g/mol. The largest absolute Gasteiger partial charge is 0.350 e. The van der Waals surface area contributed by atoms with Crippen LogP contribution in [0, 0.1) is 0 Å². The Morgan fingerprint density at radius 1 is 1.15 bits per heavy atom. The van der Waals surface area contributed by atoms with E-state index < -0.39 is 0 Å². The zero-order valence-corrected chi connectivity index (χ0v) is 15.6. The molecule has 0 unspecified atom stereocenters. The summed E-state index contributed by atoms with van der Waals surface area (Å²) in [4.78, 5) is 29.8. The molecule has 0 aliphatic heterocycles. The quantitative estimate of drug-likeness (QED) is 0.568. The fourth-order valence-corrected chi connectivity index (χ4v) is 3.53. The summed E-state index contributed by atoms with van der Waals surface area (Å²) >= 11 is 1.28. The van der Waals surface area contributed by atoms with Crippen molar-refractivity contribution in [2.45, 2.75) is 19.9 Å². The lowest BCUT2D eigenvalue weighted by Crippen LogP contribution is -2.30. The van der Waals surface area contributed by atoms with Crippen molar-refractivity contribution < 1.29 is 4.79 Å². The highest BCUT2D eigenvalue weighted by Gasteiger charge is 2.12. The van der Waals surface area contributed by atoms with E-state index in [1.54, 1.807) is 36.4 Å². The summed E-state index contributed by atoms with van der Waals surface area (Å²) in [6, 6.07) is 14.4. The van der Waals surface area contributed by atoms with E-state index in [1.165, 1.54) is 15.9 Å². The van der Waals surface area contributed by atoms with Crippen molar-refractivity contribution in [1.82, 2.24) is 19.9 Å². The number of carbonyl (C=O) groups is 1. The van der Waals surface area contributed by atoms with E-state index in [-0.39, 0.29) is 17.5 Å². The first-order valence-corrected chi connectivity index (χ1v) is 9.29. The first kappa shape index (κ1) is 17.2. The number of aromatic nitrogens is 3. The summed E-state index contributed by atoms with van der Waals surface area (Å²) in [7, 11) is 0. The van der Waals surface area contributed by atoms with Crippen molar-refractivity contribution in [2.75, 3.05) is 5.32 Å². The highest BCUT2D eigenvalue weighted by molar-refractivity contribution is 7.20. The van der Waals surface area contributed by atoms with Crippen LogP contribution in [0.15, 0.2) is 53.3 Å². The van der Waals surface area contributed by atoms with Gasteiger partial charge in [-0.25, -0.2) is 4.98 Å². The minimum absolute atomic E-state index is 0.0606. The standard InChI is InChI=1S/C19H17N5O2S/c1-11(2)20-16(25)12-6-5-7-13(10-12)21-18-23-24-17(26)14-8-3-4-9-15(14)22-19(24)27-18/h3-11H,1-2H3,(H,20,25)(H,21,23). The number of hydrogen-bond donors (Lipinski definition) is 2. The maximum Gasteiger partial charge on any atom is 0.283 e. The van der Waals surface area contributed by atoms with E-state index in [1.807, 2.05) is 26.0 Å². The maximum absolute atomic E-state index is 12.6. The van der Waals surface area contributed by atoms with Gasteiger partial charge in [0, 0.05) is 17.3 Å². The molecule has 2 aromatic carbocycles. The van der Waals surface area contributed by atoms with Gasteiger partial charge in [-0.2, -0.15) is 4.52 Å². The summed E-state index contributed by atoms with van der Waals surface area (Å²) in [5, 5.41) is 11.4. The van der Waals surface area contributed by atoms with Gasteiger partial charge in [-0.15, -0.1) is 5.10 Å². The number of nitrogens with one attached hydrogen (secondary N) is 2. The smallest absolute Gasteiger partial charge is 0.283 e. The van der Waals surface area contributed by atoms with Gasteiger partial charge in [-0.05, 0) is 44.2 Å². The zero-order valence-electron chi connectivity index (χ0n) is 14.8. The second kappa shape index (κ2) is 6.81. The fraction of sp³-hybridized carbons (Fsp3) is 0.158. The predicted octanol–water partition coefficient (Wildman–Crippen LogP) is 3.19. The van der Waals surface area contributed by atoms with Gasteiger partial charge in [0.25, 0.3) is 11.5 Å². The van der Waals surface area contributed by atoms with Crippen LogP contribution in [0.25, 0.3) is 15.9 Å². The Morgan fingerprint density at radius 2 is 1.96 bits per heavy atom. The Bertz CT molecular complexity index is 1210. The van der Waals surface area contributed by atoms with Crippen LogP contribution in [0.3, 0.4) is 0 Å². The van der Waals surface area contributed by atoms with E-state index in [9.17, 15) is 9.59 Å². The molecule has 1 amide bonds. The molecule has 0 spiro atoms. The van der Waals surface area contributed by atoms with E-state index >= 15 is 0 Å². The van der Waals surface area contributed by atoms with Crippen molar-refractivity contribution in [1.29, 1.82) is 0 Å². The third-order valence-corrected chi connectivity index (χ3v) is 4.72. The summed E-state index contributed by atoms with van der Waals surface area (Å²) in [5.41, 5.74) is 1.70. The van der Waals surface area contributed by atoms with E-state index in [0.29, 0.717) is 32.2 Å². The molecule has 0 radical (unpaired) electrons. The molecule has 0 saturated carbocycles. The number of carbonyl (C=O) groups excluding carboxylic acids is 1. The van der Waals surface area contributed by atoms with Gasteiger partial charge in [-0.1, -0.05) is 29.5 Å². The molecule has 0 fully saturated rings. The third kappa shape index (κ3) is 3.39. The Labute approximate surface area is 158 Å². The molecule has 2 N–H and O–H groups in total. The Balaban J connectivity index is 1.68. The number of rotatable bonds is 4. The Kier molecular flexibility index (Phi) is 4.33. The van der Waals surface area contributed by atoms with Gasteiger partial charge in [0.2, 0.25) is 10.1 Å². The molecule has 0 bridgehead atoms. The van der Waals surface area contributed by atoms with Crippen LogP contribution in [-0.2, 0) is 0 Å². The van der Waals surface area contributed by atoms with Crippen molar-refractivity contribution >= 4 is 43.9 Å². The molecular weight excluding hydrogens is 362 g/mol. The normalized spacial score (nSPS) is 11.2. The highest BCUT2D eigenvalue weighted by Crippen LogP contribution is 2.23. The molecule has 27 heavy (non-hydrogen) atoms. The Morgan fingerprint density at radius 3 is 2.78 bits per heavy atom. The number of anilines is 2. The zero-order chi connectivity index (χ0) is 19.0. The second-order valence-electron chi connectivity index (χ2n) is 6.37. The van der Waals surface area contributed by atoms with Crippen molar-refractivity contribution in [2.24, 2.45) is 0 Å². The first-order valence-electron chi connectivity index (χ1n) is 8.48. The lowest BCUT2D eigenvalue weighted by atomic mass is 10.2. The van der Waals surface area contributed by atoms with Gasteiger partial charge in [0.05, 0.1) is 10.9 Å². The van der Waals surface area contributed by atoms with Gasteiger partial charge in [0.1, 0.15) is 0 Å². The molecule has 2 aromatic heterocycles. The first-order chi connectivity index (χ1) is 13.0. The Hall–Kier alpha value is -3.26. The SMILES string of the molecule is CC(C)NC(=O)c1cccc(Nc2nn3c(=O)c4ccccc4nc3s2)c1. The van der Waals surface area contributed by atoms with Crippen molar-refractivity contribution in [3.63, 3.8) is 0 Å². The number of para-hydroxylation sites is 1. The molecule has 0 saturated heterocycles. The van der Waals surface area contributed by atoms with Crippen LogP contribution in [0.4, 0.5) is 10.8 Å². The van der Waals surface area contributed by atoms with Crippen molar-refractivity contribution in [3.05, 3.63) is 64.4 Å². The number of benzene rings is 2. The van der Waals surface area contributed by atoms with Crippen LogP contribution >= 0.6 is 11.3 Å². The molecular formula is C19H17N5O2S. The van der Waals surface area contributed by atoms with Crippen molar-refractivity contribution in [3.8, 4) is 0 Å². The fourth-order valence-electron chi connectivity index (χ4n) is 2.71. The molecule has 8 heteroatoms. The summed E-state index contributed by atoms with van der Waals surface area (Å²) in [6.07, 6.45) is 0. The van der Waals surface area contributed by atoms with Gasteiger partial charge in [-0.3, -0.25) is 9.59 Å². The molecule has 4 aromatic rings. The number of nitrogens with zero attached hydrogens (tertiary/aromatic N) is 3. The van der Waals surface area contributed by atoms with E-state index in [2.05, 4.69) is 20.7 Å². The molecule has 4 rings (SSSR count). The molecule has 0 aliphatic rings. The summed E-state index contributed by atoms with van der Waals surface area (Å²) < 4.78 is 1.30. The number of amides is 1. The minimum atomic E-state index is -0.204. The molecule has 0 atom stereocenters. The van der Waals surface area contributed by atoms with Crippen LogP contribution in [-0.4, -0.2) is 26.5 Å². The predicted molar refractivity (Wildman–Crippen MR) is 107 cm³/mol. The van der Waals surface area contributed by atoms with Crippen LogP contribution < -0.4 is 16.2 Å². The summed E-state index contributed by atoms with van der Waals surface area (Å²) in [6.45, 7) is 3.83. The average molecular weight is 379 g/mol. The molecule has 7 nitrogen and oxygen atoms in total. The third-order valence-electron chi connectivity index (χ3n) is 3.90.